The maximum Gasteiger partial charge on any atom is 0.186 e. The normalized spacial score (nSPS) is 12.6. The first-order chi connectivity index (χ1) is 6.56. The number of rotatable bonds is 4. The lowest BCUT2D eigenvalue weighted by Gasteiger charge is -2.06. The molecule has 1 aromatic heterocycles. The smallest absolute Gasteiger partial charge is 0.186 e. The summed E-state index contributed by atoms with van der Waals surface area (Å²) in [6, 6.07) is -0.151. The average Bonchev–Trinajstić information content (AvgIpc) is 2.45. The van der Waals surface area contributed by atoms with Crippen LogP contribution in [0, 0.1) is 0 Å². The van der Waals surface area contributed by atoms with E-state index < -0.39 is 0 Å². The van der Waals surface area contributed by atoms with Gasteiger partial charge in [0.1, 0.15) is 5.69 Å². The zero-order valence-electron chi connectivity index (χ0n) is 8.65. The third kappa shape index (κ3) is 2.11. The lowest BCUT2D eigenvalue weighted by Crippen LogP contribution is -2.21. The highest BCUT2D eigenvalue weighted by atomic mass is 16.5. The van der Waals surface area contributed by atoms with Crippen LogP contribution in [0.1, 0.15) is 23.8 Å². The number of ketones is 1. The van der Waals surface area contributed by atoms with Crippen LogP contribution >= 0.6 is 0 Å². The molecule has 1 heterocycles. The van der Waals surface area contributed by atoms with E-state index in [4.69, 9.17) is 10.5 Å². The van der Waals surface area contributed by atoms with Crippen LogP contribution in [-0.4, -0.2) is 28.7 Å². The Labute approximate surface area is 82.8 Å². The number of methoxy groups -OCH3 is 1. The minimum atomic E-state index is -0.151. The van der Waals surface area contributed by atoms with E-state index in [2.05, 4.69) is 5.10 Å². The Morgan fingerprint density at radius 2 is 2.43 bits per heavy atom. The van der Waals surface area contributed by atoms with Crippen molar-refractivity contribution in [2.24, 2.45) is 12.8 Å². The molecule has 0 aromatic carbocycles. The van der Waals surface area contributed by atoms with Gasteiger partial charge in [0.2, 0.25) is 0 Å². The van der Waals surface area contributed by atoms with Crippen LogP contribution in [0.25, 0.3) is 0 Å². The predicted octanol–water partition coefficient (Wildman–Crippen LogP) is 0.349. The van der Waals surface area contributed by atoms with Crippen molar-refractivity contribution in [3.05, 3.63) is 11.9 Å². The number of aryl methyl sites for hydroxylation is 1. The van der Waals surface area contributed by atoms with Crippen LogP contribution in [-0.2, 0) is 7.05 Å². The molecule has 0 spiro atoms. The molecule has 0 aliphatic rings. The van der Waals surface area contributed by atoms with Gasteiger partial charge in [0, 0.05) is 19.5 Å². The van der Waals surface area contributed by atoms with E-state index >= 15 is 0 Å². The minimum absolute atomic E-state index is 0.0446. The highest BCUT2D eigenvalue weighted by Crippen LogP contribution is 2.18. The average molecular weight is 197 g/mol. The first-order valence-electron chi connectivity index (χ1n) is 4.41. The Morgan fingerprint density at radius 3 is 2.93 bits per heavy atom. The van der Waals surface area contributed by atoms with Crippen molar-refractivity contribution < 1.29 is 9.53 Å². The summed E-state index contributed by atoms with van der Waals surface area (Å²) in [4.78, 5) is 11.7. The summed E-state index contributed by atoms with van der Waals surface area (Å²) in [5, 5.41) is 3.95. The molecule has 0 amide bonds. The van der Waals surface area contributed by atoms with Crippen molar-refractivity contribution in [2.45, 2.75) is 19.4 Å². The summed E-state index contributed by atoms with van der Waals surface area (Å²) in [7, 11) is 3.22. The van der Waals surface area contributed by atoms with Gasteiger partial charge < -0.3 is 10.5 Å². The topological polar surface area (TPSA) is 70.1 Å². The Bertz CT molecular complexity index is 331. The number of hydrogen-bond acceptors (Lipinski definition) is 4. The third-order valence-corrected chi connectivity index (χ3v) is 1.90. The monoisotopic (exact) mass is 197 g/mol. The van der Waals surface area contributed by atoms with Crippen LogP contribution in [0.5, 0.6) is 5.75 Å². The largest absolute Gasteiger partial charge is 0.493 e. The number of ether oxygens (including phenoxy) is 1. The van der Waals surface area contributed by atoms with Gasteiger partial charge in [-0.15, -0.1) is 0 Å². The molecule has 0 saturated heterocycles. The lowest BCUT2D eigenvalue weighted by molar-refractivity contribution is 0.0964. The molecule has 0 bridgehead atoms. The summed E-state index contributed by atoms with van der Waals surface area (Å²) in [6.45, 7) is 1.79. The molecule has 1 rings (SSSR count). The van der Waals surface area contributed by atoms with E-state index in [-0.39, 0.29) is 11.8 Å². The Morgan fingerprint density at radius 1 is 1.79 bits per heavy atom. The summed E-state index contributed by atoms with van der Waals surface area (Å²) in [6.07, 6.45) is 1.82. The highest BCUT2D eigenvalue weighted by Gasteiger charge is 2.18. The number of hydrogen-bond donors (Lipinski definition) is 1. The van der Waals surface area contributed by atoms with E-state index in [1.54, 1.807) is 14.0 Å². The first kappa shape index (κ1) is 10.7. The molecular formula is C9H15N3O2. The summed E-state index contributed by atoms with van der Waals surface area (Å²) in [5.74, 6) is 0.454. The number of carbonyl (C=O) groups excluding carboxylic acids is 1. The fourth-order valence-corrected chi connectivity index (χ4v) is 1.27. The maximum absolute atomic E-state index is 11.7. The quantitative estimate of drug-likeness (QED) is 0.707. The Kier molecular flexibility index (Phi) is 3.24. The van der Waals surface area contributed by atoms with Crippen LogP contribution < -0.4 is 10.5 Å². The maximum atomic E-state index is 11.7. The zero-order valence-corrected chi connectivity index (χ0v) is 8.65. The zero-order chi connectivity index (χ0) is 10.7. The molecule has 2 N–H and O–H groups in total. The van der Waals surface area contributed by atoms with Crippen molar-refractivity contribution in [3.8, 4) is 5.75 Å². The van der Waals surface area contributed by atoms with E-state index in [9.17, 15) is 4.79 Å². The van der Waals surface area contributed by atoms with Crippen molar-refractivity contribution in [1.29, 1.82) is 0 Å². The predicted molar refractivity (Wildman–Crippen MR) is 52.4 cm³/mol. The molecule has 5 heteroatoms. The molecule has 0 fully saturated rings. The second-order valence-corrected chi connectivity index (χ2v) is 3.29. The second kappa shape index (κ2) is 4.23. The lowest BCUT2D eigenvalue weighted by atomic mass is 10.1. The van der Waals surface area contributed by atoms with Crippen LogP contribution in [0.4, 0.5) is 0 Å². The van der Waals surface area contributed by atoms with Gasteiger partial charge in [-0.05, 0) is 6.92 Å². The number of Topliss-reactive ketones (excluding diaryl/α,β-unsaturated/α-hetero) is 1. The van der Waals surface area contributed by atoms with Crippen LogP contribution in [0.3, 0.4) is 0 Å². The van der Waals surface area contributed by atoms with Gasteiger partial charge >= 0.3 is 0 Å². The molecule has 1 unspecified atom stereocenters. The Hall–Kier alpha value is -1.36. The molecule has 0 aliphatic heterocycles. The number of nitrogens with zero attached hydrogens (tertiary/aromatic N) is 2. The second-order valence-electron chi connectivity index (χ2n) is 3.29. The van der Waals surface area contributed by atoms with Gasteiger partial charge in [0.15, 0.2) is 11.5 Å². The summed E-state index contributed by atoms with van der Waals surface area (Å²) >= 11 is 0. The summed E-state index contributed by atoms with van der Waals surface area (Å²) in [5.41, 5.74) is 6.03. The number of aromatic nitrogens is 2. The number of carbonyl (C=O) groups is 1. The van der Waals surface area contributed by atoms with Gasteiger partial charge in [-0.25, -0.2) is 0 Å². The molecule has 1 atom stereocenters. The van der Waals surface area contributed by atoms with Crippen LogP contribution in [0.15, 0.2) is 6.20 Å². The van der Waals surface area contributed by atoms with E-state index in [1.165, 1.54) is 18.0 Å². The SMILES string of the molecule is COc1cnn(C)c1C(=O)CC(C)N. The highest BCUT2D eigenvalue weighted by molar-refractivity contribution is 5.97. The number of nitrogens with two attached hydrogens (primary N) is 1. The van der Waals surface area contributed by atoms with Crippen molar-refractivity contribution in [1.82, 2.24) is 9.78 Å². The fraction of sp³-hybridized carbons (Fsp3) is 0.556. The van der Waals surface area contributed by atoms with E-state index in [0.29, 0.717) is 17.9 Å². The molecule has 78 valence electrons. The van der Waals surface area contributed by atoms with Gasteiger partial charge in [-0.3, -0.25) is 9.48 Å². The third-order valence-electron chi connectivity index (χ3n) is 1.90. The van der Waals surface area contributed by atoms with E-state index in [0.717, 1.165) is 0 Å². The Balaban J connectivity index is 2.93. The molecular weight excluding hydrogens is 182 g/mol. The molecule has 0 saturated carbocycles. The first-order valence-corrected chi connectivity index (χ1v) is 4.41. The van der Waals surface area contributed by atoms with Gasteiger partial charge in [0.25, 0.3) is 0 Å². The standard InChI is InChI=1S/C9H15N3O2/c1-6(10)4-7(13)9-8(14-3)5-11-12(9)2/h5-6H,4,10H2,1-3H3. The molecule has 5 nitrogen and oxygen atoms in total. The minimum Gasteiger partial charge on any atom is -0.493 e. The van der Waals surface area contributed by atoms with Gasteiger partial charge in [-0.2, -0.15) is 5.10 Å². The van der Waals surface area contributed by atoms with E-state index in [1.807, 2.05) is 0 Å². The van der Waals surface area contributed by atoms with Gasteiger partial charge in [0.05, 0.1) is 13.3 Å². The van der Waals surface area contributed by atoms with Crippen molar-refractivity contribution in [3.63, 3.8) is 0 Å². The molecule has 0 radical (unpaired) electrons. The van der Waals surface area contributed by atoms with Crippen molar-refractivity contribution in [2.75, 3.05) is 7.11 Å². The molecule has 14 heavy (non-hydrogen) atoms. The fourth-order valence-electron chi connectivity index (χ4n) is 1.27. The van der Waals surface area contributed by atoms with Gasteiger partial charge in [-0.1, -0.05) is 0 Å². The van der Waals surface area contributed by atoms with Crippen LogP contribution in [0.2, 0.25) is 0 Å². The molecule has 1 aromatic rings. The molecule has 0 aliphatic carbocycles. The van der Waals surface area contributed by atoms with Crippen molar-refractivity contribution >= 4 is 5.78 Å². The summed E-state index contributed by atoms with van der Waals surface area (Å²) < 4.78 is 6.53.